The summed E-state index contributed by atoms with van der Waals surface area (Å²) in [5.74, 6) is 0. The molecule has 0 aliphatic carbocycles. The fourth-order valence-electron chi connectivity index (χ4n) is 1.84. The van der Waals surface area contributed by atoms with Crippen molar-refractivity contribution in [3.8, 4) is 0 Å². The van der Waals surface area contributed by atoms with Gasteiger partial charge in [0.2, 0.25) is 10.0 Å². The summed E-state index contributed by atoms with van der Waals surface area (Å²) in [5.41, 5.74) is -0.208. The van der Waals surface area contributed by atoms with Crippen molar-refractivity contribution in [1.29, 1.82) is 0 Å². The lowest BCUT2D eigenvalue weighted by molar-refractivity contribution is -0.530. The van der Waals surface area contributed by atoms with Gasteiger partial charge in [-0.2, -0.15) is 4.31 Å². The van der Waals surface area contributed by atoms with Crippen LogP contribution in [0.3, 0.4) is 0 Å². The Bertz CT molecular complexity index is 612. The Hall–Kier alpha value is -1.40. The van der Waals surface area contributed by atoms with Crippen molar-refractivity contribution in [2.75, 3.05) is 13.1 Å². The van der Waals surface area contributed by atoms with Crippen LogP contribution in [0.4, 0.5) is 0 Å². The lowest BCUT2D eigenvalue weighted by atomic mass is 10.1. The molecule has 118 valence electrons. The van der Waals surface area contributed by atoms with E-state index in [9.17, 15) is 13.6 Å². The largest absolute Gasteiger partial charge is 0.623 e. The first-order valence-corrected chi connectivity index (χ1v) is 8.49. The highest BCUT2D eigenvalue weighted by atomic mass is 32.2. The van der Waals surface area contributed by atoms with Crippen LogP contribution in [0, 0.1) is 5.21 Å². The van der Waals surface area contributed by atoms with Crippen LogP contribution in [-0.4, -0.2) is 42.3 Å². The van der Waals surface area contributed by atoms with E-state index in [1.807, 2.05) is 0 Å². The molecule has 0 fully saturated rings. The van der Waals surface area contributed by atoms with Crippen LogP contribution >= 0.6 is 0 Å². The topological polar surface area (TPSA) is 63.5 Å². The molecule has 0 N–H and O–H groups in total. The zero-order chi connectivity index (χ0) is 16.3. The van der Waals surface area contributed by atoms with Crippen molar-refractivity contribution in [2.24, 2.45) is 0 Å². The Morgan fingerprint density at radius 1 is 1.19 bits per heavy atom. The van der Waals surface area contributed by atoms with Crippen LogP contribution in [0.1, 0.15) is 40.2 Å². The zero-order valence-electron chi connectivity index (χ0n) is 13.3. The van der Waals surface area contributed by atoms with Gasteiger partial charge in [-0.25, -0.2) is 13.2 Å². The second-order valence-electron chi connectivity index (χ2n) is 5.75. The summed E-state index contributed by atoms with van der Waals surface area (Å²) in [6, 6.07) is 6.58. The molecule has 0 aliphatic rings. The number of nitrogens with zero attached hydrogens (tertiary/aromatic N) is 2. The standard InChI is InChI=1S/C15H24N2O3S/c1-6-16(7-2)21(19,20)14-11-9-8-10-13(14)12-17(18)15(3,4)5/h8-12H,6-7H2,1-5H3/b17-12-. The van der Waals surface area contributed by atoms with E-state index in [1.165, 1.54) is 16.6 Å². The summed E-state index contributed by atoms with van der Waals surface area (Å²) in [5, 5.41) is 12.1. The lowest BCUT2D eigenvalue weighted by Crippen LogP contribution is -2.32. The van der Waals surface area contributed by atoms with Gasteiger partial charge < -0.3 is 5.21 Å². The molecule has 21 heavy (non-hydrogen) atoms. The number of hydroxylamine groups is 1. The summed E-state index contributed by atoms with van der Waals surface area (Å²) in [4.78, 5) is 0.166. The Labute approximate surface area is 127 Å². The molecular weight excluding hydrogens is 288 g/mol. The monoisotopic (exact) mass is 312 g/mol. The molecule has 0 atom stereocenters. The van der Waals surface area contributed by atoms with Crippen molar-refractivity contribution in [3.63, 3.8) is 0 Å². The van der Waals surface area contributed by atoms with Crippen LogP contribution < -0.4 is 0 Å². The van der Waals surface area contributed by atoms with Gasteiger partial charge in [0.15, 0.2) is 11.8 Å². The summed E-state index contributed by atoms with van der Waals surface area (Å²) < 4.78 is 27.4. The fraction of sp³-hybridized carbons (Fsp3) is 0.533. The van der Waals surface area contributed by atoms with Gasteiger partial charge in [0.25, 0.3) is 0 Å². The molecule has 5 nitrogen and oxygen atoms in total. The molecule has 0 radical (unpaired) electrons. The van der Waals surface area contributed by atoms with E-state index in [4.69, 9.17) is 0 Å². The van der Waals surface area contributed by atoms with Gasteiger partial charge in [-0.1, -0.05) is 26.0 Å². The molecule has 6 heteroatoms. The Balaban J connectivity index is 3.42. The molecule has 0 aliphatic heterocycles. The minimum atomic E-state index is -3.59. The fourth-order valence-corrected chi connectivity index (χ4v) is 3.47. The normalized spacial score (nSPS) is 13.7. The minimum Gasteiger partial charge on any atom is -0.623 e. The predicted octanol–water partition coefficient (Wildman–Crippen LogP) is 2.44. The van der Waals surface area contributed by atoms with E-state index < -0.39 is 15.6 Å². The highest BCUT2D eigenvalue weighted by Crippen LogP contribution is 2.19. The third-order valence-corrected chi connectivity index (χ3v) is 5.28. The van der Waals surface area contributed by atoms with E-state index in [0.717, 1.165) is 4.74 Å². The van der Waals surface area contributed by atoms with Crippen LogP contribution in [0.25, 0.3) is 0 Å². The molecular formula is C15H24N2O3S. The van der Waals surface area contributed by atoms with E-state index in [2.05, 4.69) is 0 Å². The first-order chi connectivity index (χ1) is 9.64. The molecule has 0 amide bonds. The third-order valence-electron chi connectivity index (χ3n) is 3.16. The van der Waals surface area contributed by atoms with Crippen molar-refractivity contribution < 1.29 is 13.2 Å². The second kappa shape index (κ2) is 6.58. The van der Waals surface area contributed by atoms with Gasteiger partial charge in [-0.05, 0) is 12.1 Å². The SMILES string of the molecule is CCN(CC)S(=O)(=O)c1ccccc1/C=[N+](\[O-])C(C)(C)C. The van der Waals surface area contributed by atoms with Crippen LogP contribution in [-0.2, 0) is 10.0 Å². The summed E-state index contributed by atoms with van der Waals surface area (Å²) in [6.07, 6.45) is 1.34. The average molecular weight is 312 g/mol. The quantitative estimate of drug-likeness (QED) is 0.363. The molecule has 1 rings (SSSR count). The average Bonchev–Trinajstić information content (AvgIpc) is 2.39. The van der Waals surface area contributed by atoms with E-state index in [1.54, 1.807) is 52.8 Å². The molecule has 1 aromatic rings. The molecule has 1 aromatic carbocycles. The summed E-state index contributed by atoms with van der Waals surface area (Å²) >= 11 is 0. The number of hydrogen-bond donors (Lipinski definition) is 0. The van der Waals surface area contributed by atoms with Crippen LogP contribution in [0.5, 0.6) is 0 Å². The molecule has 0 saturated heterocycles. The molecule has 0 spiro atoms. The van der Waals surface area contributed by atoms with Crippen LogP contribution in [0.15, 0.2) is 29.2 Å². The number of rotatable bonds is 5. The van der Waals surface area contributed by atoms with Gasteiger partial charge in [0.05, 0.1) is 10.5 Å². The first-order valence-electron chi connectivity index (χ1n) is 7.05. The van der Waals surface area contributed by atoms with Gasteiger partial charge in [0, 0.05) is 33.9 Å². The van der Waals surface area contributed by atoms with Gasteiger partial charge >= 0.3 is 0 Å². The van der Waals surface area contributed by atoms with Gasteiger partial charge in [0.1, 0.15) is 0 Å². The highest BCUT2D eigenvalue weighted by Gasteiger charge is 2.26. The molecule has 0 aromatic heterocycles. The molecule has 0 saturated carbocycles. The van der Waals surface area contributed by atoms with E-state index in [0.29, 0.717) is 18.7 Å². The molecule has 0 unspecified atom stereocenters. The third kappa shape index (κ3) is 4.04. The van der Waals surface area contributed by atoms with Crippen molar-refractivity contribution >= 4 is 16.2 Å². The summed E-state index contributed by atoms with van der Waals surface area (Å²) in [6.45, 7) is 9.71. The van der Waals surface area contributed by atoms with Crippen molar-refractivity contribution in [3.05, 3.63) is 35.0 Å². The number of benzene rings is 1. The van der Waals surface area contributed by atoms with Crippen LogP contribution in [0.2, 0.25) is 0 Å². The summed E-state index contributed by atoms with van der Waals surface area (Å²) in [7, 11) is -3.59. The van der Waals surface area contributed by atoms with E-state index in [-0.39, 0.29) is 4.90 Å². The van der Waals surface area contributed by atoms with Gasteiger partial charge in [-0.3, -0.25) is 0 Å². The maximum atomic E-state index is 12.6. The highest BCUT2D eigenvalue weighted by molar-refractivity contribution is 7.89. The van der Waals surface area contributed by atoms with Crippen molar-refractivity contribution in [2.45, 2.75) is 45.1 Å². The second-order valence-corrected chi connectivity index (χ2v) is 7.66. The minimum absolute atomic E-state index is 0.166. The molecule has 0 bridgehead atoms. The maximum absolute atomic E-state index is 12.6. The Morgan fingerprint density at radius 2 is 1.71 bits per heavy atom. The zero-order valence-corrected chi connectivity index (χ0v) is 14.1. The Morgan fingerprint density at radius 3 is 2.19 bits per heavy atom. The first kappa shape index (κ1) is 17.7. The van der Waals surface area contributed by atoms with Gasteiger partial charge in [-0.15, -0.1) is 0 Å². The number of hydrogen-bond acceptors (Lipinski definition) is 3. The van der Waals surface area contributed by atoms with E-state index >= 15 is 0 Å². The smallest absolute Gasteiger partial charge is 0.243 e. The molecule has 0 heterocycles. The maximum Gasteiger partial charge on any atom is 0.243 e. The predicted molar refractivity (Wildman–Crippen MR) is 85.1 cm³/mol. The van der Waals surface area contributed by atoms with Crippen molar-refractivity contribution in [1.82, 2.24) is 4.31 Å². The Kier molecular flexibility index (Phi) is 5.53. The lowest BCUT2D eigenvalue weighted by Gasteiger charge is -2.21. The number of sulfonamides is 1.